The van der Waals surface area contributed by atoms with Gasteiger partial charge in [-0.3, -0.25) is 0 Å². The zero-order valence-corrected chi connectivity index (χ0v) is 21.2. The van der Waals surface area contributed by atoms with Gasteiger partial charge >= 0.3 is 0 Å². The number of nitrogens with one attached hydrogen (secondary N) is 2. The number of pyridine rings is 1. The quantitative estimate of drug-likeness (QED) is 0.355. The van der Waals surface area contributed by atoms with Gasteiger partial charge in [0, 0.05) is 28.6 Å². The van der Waals surface area contributed by atoms with E-state index in [-0.39, 0.29) is 31.4 Å². The van der Waals surface area contributed by atoms with Crippen LogP contribution in [0.15, 0.2) is 40.3 Å². The highest BCUT2D eigenvalue weighted by molar-refractivity contribution is 7.99. The lowest BCUT2D eigenvalue weighted by Gasteiger charge is -2.35. The lowest BCUT2D eigenvalue weighted by Crippen LogP contribution is -3.28. The second-order valence-electron chi connectivity index (χ2n) is 8.08. The van der Waals surface area contributed by atoms with Gasteiger partial charge in [-0.15, -0.1) is 0 Å². The van der Waals surface area contributed by atoms with Crippen LogP contribution in [0, 0.1) is 5.92 Å². The second kappa shape index (κ2) is 12.1. The average Bonchev–Trinajstić information content (AvgIpc) is 2.69. The number of halogens is 4. The molecule has 2 aromatic rings. The summed E-state index contributed by atoms with van der Waals surface area (Å²) in [5.74, 6) is 1.50. The van der Waals surface area contributed by atoms with Crippen molar-refractivity contribution in [1.29, 1.82) is 0 Å². The number of aliphatic hydroxyl groups is 1. The maximum atomic E-state index is 9.15. The Morgan fingerprint density at radius 2 is 1.74 bits per heavy atom. The van der Waals surface area contributed by atoms with Gasteiger partial charge in [-0.05, 0) is 24.3 Å². The van der Waals surface area contributed by atoms with E-state index in [0.717, 1.165) is 53.4 Å². The molecule has 0 amide bonds. The first-order valence-corrected chi connectivity index (χ1v) is 11.8. The molecule has 3 N–H and O–H groups in total. The predicted octanol–water partition coefficient (Wildman–Crippen LogP) is -4.59. The monoisotopic (exact) mass is 524 g/mol. The molecule has 1 aromatic carbocycles. The molecule has 2 aliphatic heterocycles. The molecule has 0 aliphatic carbocycles. The van der Waals surface area contributed by atoms with Crippen LogP contribution in [-0.2, 0) is 0 Å². The third kappa shape index (κ3) is 6.55. The van der Waals surface area contributed by atoms with Gasteiger partial charge in [0.05, 0.1) is 28.8 Å². The van der Waals surface area contributed by atoms with Crippen LogP contribution >= 0.6 is 35.0 Å². The van der Waals surface area contributed by atoms with Gasteiger partial charge in [-0.25, -0.2) is 4.98 Å². The molecule has 1 aromatic heterocycles. The Labute approximate surface area is 210 Å². The normalized spacial score (nSPS) is 20.7. The molecular weight excluding hydrogens is 498 g/mol. The van der Waals surface area contributed by atoms with Gasteiger partial charge in [0.2, 0.25) is 0 Å². The summed E-state index contributed by atoms with van der Waals surface area (Å²) in [4.78, 5) is 12.4. The number of rotatable bonds is 6. The summed E-state index contributed by atoms with van der Waals surface area (Å²) in [7, 11) is 0. The number of hydrogen-bond acceptors (Lipinski definition) is 4. The molecule has 31 heavy (non-hydrogen) atoms. The van der Waals surface area contributed by atoms with Gasteiger partial charge in [0.15, 0.2) is 0 Å². The first-order valence-electron chi connectivity index (χ1n) is 10.2. The standard InChI is InChI=1S/C21H26Cl2N4OS.2ClH/c1-15(13-26-6-4-25(5-7-26)8-9-28)14-27-18-3-2-16(22)10-19(18)29-20-11-17(23)12-24-21(20)27;;/h2-3,10-12,15,28H,4-9,13-14H2,1H3;2*1H. The fourth-order valence-electron chi connectivity index (χ4n) is 4.34. The zero-order valence-electron chi connectivity index (χ0n) is 17.4. The molecule has 0 bridgehead atoms. The van der Waals surface area contributed by atoms with E-state index >= 15 is 0 Å². The van der Waals surface area contributed by atoms with Crippen LogP contribution in [0.25, 0.3) is 0 Å². The van der Waals surface area contributed by atoms with Gasteiger partial charge < -0.3 is 44.6 Å². The van der Waals surface area contributed by atoms with Crippen molar-refractivity contribution in [2.45, 2.75) is 16.7 Å². The SMILES string of the molecule is CC(CN1c2ccc(Cl)cc2Sc2cc(Cl)cnc21)C[NH+]1CC[NH+](CCO)CC1.[Cl-].[Cl-]. The number of aromatic nitrogens is 1. The predicted molar refractivity (Wildman–Crippen MR) is 119 cm³/mol. The first kappa shape index (κ1) is 26.8. The Hall–Kier alpha value is -0.440. The summed E-state index contributed by atoms with van der Waals surface area (Å²) in [5.41, 5.74) is 1.17. The van der Waals surface area contributed by atoms with E-state index in [1.807, 2.05) is 18.2 Å². The number of anilines is 2. The fourth-order valence-corrected chi connectivity index (χ4v) is 5.94. The minimum Gasteiger partial charge on any atom is -1.00 e. The molecule has 4 rings (SSSR count). The molecule has 5 nitrogen and oxygen atoms in total. The number of aliphatic hydroxyl groups excluding tert-OH is 1. The highest BCUT2D eigenvalue weighted by Gasteiger charge is 2.29. The topological polar surface area (TPSA) is 45.2 Å². The van der Waals surface area contributed by atoms with Gasteiger partial charge in [0.1, 0.15) is 38.5 Å². The van der Waals surface area contributed by atoms with E-state index < -0.39 is 0 Å². The molecule has 0 saturated carbocycles. The van der Waals surface area contributed by atoms with Crippen LogP contribution in [0.4, 0.5) is 11.5 Å². The Kier molecular flexibility index (Phi) is 10.5. The van der Waals surface area contributed by atoms with Crippen LogP contribution in [0.2, 0.25) is 10.0 Å². The molecule has 1 saturated heterocycles. The van der Waals surface area contributed by atoms with Crippen LogP contribution in [0.3, 0.4) is 0 Å². The van der Waals surface area contributed by atoms with Crippen LogP contribution in [-0.4, -0.2) is 62.5 Å². The maximum absolute atomic E-state index is 9.15. The molecule has 1 atom stereocenters. The molecule has 1 fully saturated rings. The molecule has 0 spiro atoms. The fraction of sp³-hybridized carbons (Fsp3) is 0.476. The van der Waals surface area contributed by atoms with Crippen molar-refractivity contribution in [3.63, 3.8) is 0 Å². The number of fused-ring (bicyclic) bond motifs is 2. The Balaban J connectivity index is 0.00000171. The number of nitrogens with zero attached hydrogens (tertiary/aromatic N) is 2. The van der Waals surface area contributed by atoms with Gasteiger partial charge in [0.25, 0.3) is 0 Å². The van der Waals surface area contributed by atoms with Crippen molar-refractivity contribution in [2.24, 2.45) is 5.92 Å². The van der Waals surface area contributed by atoms with Crippen molar-refractivity contribution in [2.75, 3.05) is 57.3 Å². The molecule has 1 unspecified atom stereocenters. The molecule has 10 heteroatoms. The minimum absolute atomic E-state index is 0. The third-order valence-electron chi connectivity index (χ3n) is 5.75. The molecule has 172 valence electrons. The minimum atomic E-state index is 0. The van der Waals surface area contributed by atoms with E-state index in [1.54, 1.807) is 22.9 Å². The van der Waals surface area contributed by atoms with E-state index in [1.165, 1.54) is 23.7 Å². The molecular formula is C21H28Cl4N4OS. The molecule has 0 radical (unpaired) electrons. The van der Waals surface area contributed by atoms with E-state index in [9.17, 15) is 0 Å². The van der Waals surface area contributed by atoms with Gasteiger partial charge in [-0.1, -0.05) is 41.9 Å². The summed E-state index contributed by atoms with van der Waals surface area (Å²) in [6, 6.07) is 8.07. The third-order valence-corrected chi connectivity index (χ3v) is 7.26. The van der Waals surface area contributed by atoms with Crippen LogP contribution in [0.5, 0.6) is 0 Å². The molecule has 3 heterocycles. The van der Waals surface area contributed by atoms with Gasteiger partial charge in [-0.2, -0.15) is 0 Å². The Morgan fingerprint density at radius 3 is 2.45 bits per heavy atom. The Bertz CT molecular complexity index is 816. The lowest BCUT2D eigenvalue weighted by atomic mass is 10.1. The number of piperazine rings is 1. The van der Waals surface area contributed by atoms with Crippen molar-refractivity contribution in [1.82, 2.24) is 4.98 Å². The summed E-state index contributed by atoms with van der Waals surface area (Å²) >= 11 is 14.1. The van der Waals surface area contributed by atoms with E-state index in [4.69, 9.17) is 28.3 Å². The number of hydrogen-bond donors (Lipinski definition) is 3. The first-order chi connectivity index (χ1) is 14.0. The van der Waals surface area contributed by atoms with Crippen LogP contribution in [0.1, 0.15) is 6.92 Å². The lowest BCUT2D eigenvalue weighted by molar-refractivity contribution is -1.01. The van der Waals surface area contributed by atoms with Crippen molar-refractivity contribution < 1.29 is 39.7 Å². The average molecular weight is 526 g/mol. The maximum Gasteiger partial charge on any atom is 0.147 e. The number of benzene rings is 1. The highest BCUT2D eigenvalue weighted by Crippen LogP contribution is 2.48. The van der Waals surface area contributed by atoms with Crippen molar-refractivity contribution >= 4 is 46.5 Å². The summed E-state index contributed by atoms with van der Waals surface area (Å²) in [5, 5.41) is 10.6. The van der Waals surface area contributed by atoms with Crippen molar-refractivity contribution in [3.8, 4) is 0 Å². The summed E-state index contributed by atoms with van der Waals surface area (Å²) < 4.78 is 0. The van der Waals surface area contributed by atoms with E-state index in [2.05, 4.69) is 22.9 Å². The summed E-state index contributed by atoms with van der Waals surface area (Å²) in [6.07, 6.45) is 1.73. The summed E-state index contributed by atoms with van der Waals surface area (Å²) in [6.45, 7) is 10.2. The van der Waals surface area contributed by atoms with Crippen molar-refractivity contribution in [3.05, 3.63) is 40.5 Å². The van der Waals surface area contributed by atoms with E-state index in [0.29, 0.717) is 10.9 Å². The largest absolute Gasteiger partial charge is 1.00 e. The van der Waals surface area contributed by atoms with Crippen LogP contribution < -0.4 is 39.5 Å². The zero-order chi connectivity index (χ0) is 20.4. The molecule has 2 aliphatic rings. The Morgan fingerprint density at radius 1 is 1.06 bits per heavy atom. The second-order valence-corrected chi connectivity index (χ2v) is 10.0. The number of quaternary nitrogens is 2. The smallest absolute Gasteiger partial charge is 0.147 e. The highest BCUT2D eigenvalue weighted by atomic mass is 35.5.